The van der Waals surface area contributed by atoms with E-state index in [1.807, 2.05) is 72.5 Å². The van der Waals surface area contributed by atoms with Crippen molar-refractivity contribution in [1.29, 1.82) is 0 Å². The lowest BCUT2D eigenvalue weighted by atomic mass is 9.94. The molecule has 1 aliphatic heterocycles. The van der Waals surface area contributed by atoms with Crippen LogP contribution in [-0.2, 0) is 9.59 Å². The fourth-order valence-electron chi connectivity index (χ4n) is 3.74. The molecule has 30 heavy (non-hydrogen) atoms. The number of hydrogen-bond acceptors (Lipinski definition) is 3. The molecule has 0 atom stereocenters. The van der Waals surface area contributed by atoms with Crippen molar-refractivity contribution in [3.8, 4) is 5.75 Å². The number of hydrogen-bond donors (Lipinski definition) is 1. The Morgan fingerprint density at radius 1 is 1.07 bits per heavy atom. The standard InChI is InChI=1S/C25H30N2O3/c1-3-15-26-24(28)20-13-16-27(17-14-20)25(29)22(19-9-5-4-6-10-19)18-21-11-7-8-12-23(21)30-2/h4-12,18,20H,3,13-17H2,1-2H3,(H,26,28)/b22-18+. The molecule has 1 fully saturated rings. The van der Waals surface area contributed by atoms with Gasteiger partial charge in [0.05, 0.1) is 7.11 Å². The van der Waals surface area contributed by atoms with Crippen LogP contribution in [0, 0.1) is 5.92 Å². The fraction of sp³-hybridized carbons (Fsp3) is 0.360. The molecule has 2 aromatic carbocycles. The molecule has 5 heteroatoms. The van der Waals surface area contributed by atoms with Gasteiger partial charge < -0.3 is 15.0 Å². The summed E-state index contributed by atoms with van der Waals surface area (Å²) in [6.07, 6.45) is 4.21. The number of nitrogens with one attached hydrogen (secondary N) is 1. The van der Waals surface area contributed by atoms with Crippen molar-refractivity contribution >= 4 is 23.5 Å². The topological polar surface area (TPSA) is 58.6 Å². The van der Waals surface area contributed by atoms with Crippen molar-refractivity contribution in [2.45, 2.75) is 26.2 Å². The minimum atomic E-state index is -0.0148. The molecule has 2 aromatic rings. The highest BCUT2D eigenvalue weighted by molar-refractivity contribution is 6.24. The average Bonchev–Trinajstić information content (AvgIpc) is 2.81. The number of ether oxygens (including phenoxy) is 1. The van der Waals surface area contributed by atoms with Gasteiger partial charge in [0.25, 0.3) is 5.91 Å². The number of carbonyl (C=O) groups is 2. The first-order valence-corrected chi connectivity index (χ1v) is 10.6. The van der Waals surface area contributed by atoms with Gasteiger partial charge in [-0.15, -0.1) is 0 Å². The Morgan fingerprint density at radius 3 is 2.40 bits per heavy atom. The summed E-state index contributed by atoms with van der Waals surface area (Å²) in [5, 5.41) is 2.97. The van der Waals surface area contributed by atoms with Gasteiger partial charge in [0.1, 0.15) is 5.75 Å². The van der Waals surface area contributed by atoms with Crippen molar-refractivity contribution < 1.29 is 14.3 Å². The summed E-state index contributed by atoms with van der Waals surface area (Å²) in [5.41, 5.74) is 2.37. The molecule has 0 radical (unpaired) electrons. The molecule has 5 nitrogen and oxygen atoms in total. The quantitative estimate of drug-likeness (QED) is 0.559. The van der Waals surface area contributed by atoms with Crippen LogP contribution >= 0.6 is 0 Å². The number of benzene rings is 2. The summed E-state index contributed by atoms with van der Waals surface area (Å²) < 4.78 is 5.47. The second-order valence-electron chi connectivity index (χ2n) is 7.52. The Morgan fingerprint density at radius 2 is 1.73 bits per heavy atom. The van der Waals surface area contributed by atoms with Gasteiger partial charge in [-0.2, -0.15) is 0 Å². The molecule has 158 valence electrons. The molecule has 1 N–H and O–H groups in total. The third kappa shape index (κ3) is 5.29. The van der Waals surface area contributed by atoms with E-state index < -0.39 is 0 Å². The smallest absolute Gasteiger partial charge is 0.254 e. The number of para-hydroxylation sites is 1. The number of methoxy groups -OCH3 is 1. The molecular weight excluding hydrogens is 376 g/mol. The SMILES string of the molecule is CCCNC(=O)C1CCN(C(=O)/C(=C/c2ccccc2OC)c2ccccc2)CC1. The Kier molecular flexibility index (Phi) is 7.66. The zero-order chi connectivity index (χ0) is 21.3. The lowest BCUT2D eigenvalue weighted by Gasteiger charge is -2.32. The molecule has 2 amide bonds. The molecule has 1 heterocycles. The van der Waals surface area contributed by atoms with Crippen LogP contribution in [0.1, 0.15) is 37.3 Å². The molecule has 3 rings (SSSR count). The van der Waals surface area contributed by atoms with Crippen LogP contribution in [0.2, 0.25) is 0 Å². The zero-order valence-corrected chi connectivity index (χ0v) is 17.8. The van der Waals surface area contributed by atoms with Gasteiger partial charge in [-0.3, -0.25) is 9.59 Å². The molecule has 1 saturated heterocycles. The Hall–Kier alpha value is -3.08. The highest BCUT2D eigenvalue weighted by Gasteiger charge is 2.29. The first kappa shape index (κ1) is 21.6. The zero-order valence-electron chi connectivity index (χ0n) is 17.8. The highest BCUT2D eigenvalue weighted by Crippen LogP contribution is 2.28. The van der Waals surface area contributed by atoms with Gasteiger partial charge in [0.15, 0.2) is 0 Å². The Labute approximate surface area is 178 Å². The molecule has 0 saturated carbocycles. The largest absolute Gasteiger partial charge is 0.496 e. The van der Waals surface area contributed by atoms with Crippen LogP contribution in [0.15, 0.2) is 54.6 Å². The lowest BCUT2D eigenvalue weighted by molar-refractivity contribution is -0.131. The van der Waals surface area contributed by atoms with E-state index in [0.717, 1.165) is 23.3 Å². The molecule has 1 aliphatic rings. The summed E-state index contributed by atoms with van der Waals surface area (Å²) >= 11 is 0. The molecule has 0 spiro atoms. The van der Waals surface area contributed by atoms with Gasteiger partial charge in [0.2, 0.25) is 5.91 Å². The predicted octanol–water partition coefficient (Wildman–Crippen LogP) is 4.00. The number of likely N-dealkylation sites (tertiary alicyclic amines) is 1. The van der Waals surface area contributed by atoms with Crippen molar-refractivity contribution in [2.75, 3.05) is 26.7 Å². The summed E-state index contributed by atoms with van der Waals surface area (Å²) in [4.78, 5) is 27.6. The van der Waals surface area contributed by atoms with Crippen LogP contribution in [0.25, 0.3) is 11.6 Å². The van der Waals surface area contributed by atoms with E-state index in [2.05, 4.69) is 5.32 Å². The summed E-state index contributed by atoms with van der Waals surface area (Å²) in [6.45, 7) is 3.91. The van der Waals surface area contributed by atoms with E-state index in [1.165, 1.54) is 0 Å². The maximum absolute atomic E-state index is 13.5. The third-order valence-electron chi connectivity index (χ3n) is 5.46. The van der Waals surface area contributed by atoms with Crippen molar-refractivity contribution in [3.63, 3.8) is 0 Å². The van der Waals surface area contributed by atoms with E-state index in [4.69, 9.17) is 4.74 Å². The van der Waals surface area contributed by atoms with Gasteiger partial charge in [-0.25, -0.2) is 0 Å². The van der Waals surface area contributed by atoms with E-state index in [9.17, 15) is 9.59 Å². The van der Waals surface area contributed by atoms with Crippen LogP contribution in [0.3, 0.4) is 0 Å². The van der Waals surface area contributed by atoms with E-state index in [0.29, 0.717) is 38.0 Å². The van der Waals surface area contributed by atoms with Crippen LogP contribution in [0.4, 0.5) is 0 Å². The summed E-state index contributed by atoms with van der Waals surface area (Å²) in [6, 6.07) is 17.4. The summed E-state index contributed by atoms with van der Waals surface area (Å²) in [5.74, 6) is 0.806. The third-order valence-corrected chi connectivity index (χ3v) is 5.46. The Bertz CT molecular complexity index is 884. The first-order valence-electron chi connectivity index (χ1n) is 10.6. The normalized spacial score (nSPS) is 15.0. The summed E-state index contributed by atoms with van der Waals surface area (Å²) in [7, 11) is 1.63. The molecule has 0 unspecified atom stereocenters. The minimum absolute atomic E-state index is 0.0143. The van der Waals surface area contributed by atoms with Gasteiger partial charge in [0, 0.05) is 36.7 Å². The van der Waals surface area contributed by atoms with Crippen LogP contribution in [-0.4, -0.2) is 43.5 Å². The maximum Gasteiger partial charge on any atom is 0.254 e. The number of rotatable bonds is 7. The first-order chi connectivity index (χ1) is 14.6. The van der Waals surface area contributed by atoms with Gasteiger partial charge >= 0.3 is 0 Å². The van der Waals surface area contributed by atoms with Crippen LogP contribution < -0.4 is 10.1 Å². The fourth-order valence-corrected chi connectivity index (χ4v) is 3.74. The average molecular weight is 407 g/mol. The van der Waals surface area contributed by atoms with E-state index >= 15 is 0 Å². The lowest BCUT2D eigenvalue weighted by Crippen LogP contribution is -2.43. The minimum Gasteiger partial charge on any atom is -0.496 e. The van der Waals surface area contributed by atoms with E-state index in [-0.39, 0.29) is 17.7 Å². The molecular formula is C25H30N2O3. The van der Waals surface area contributed by atoms with Crippen molar-refractivity contribution in [1.82, 2.24) is 10.2 Å². The maximum atomic E-state index is 13.5. The predicted molar refractivity (Wildman–Crippen MR) is 120 cm³/mol. The highest BCUT2D eigenvalue weighted by atomic mass is 16.5. The monoisotopic (exact) mass is 406 g/mol. The number of nitrogens with zero attached hydrogens (tertiary/aromatic N) is 1. The van der Waals surface area contributed by atoms with Gasteiger partial charge in [-0.1, -0.05) is 55.5 Å². The second-order valence-corrected chi connectivity index (χ2v) is 7.52. The molecule has 0 bridgehead atoms. The molecule has 0 aromatic heterocycles. The van der Waals surface area contributed by atoms with Crippen molar-refractivity contribution in [3.05, 3.63) is 65.7 Å². The Balaban J connectivity index is 1.81. The number of amides is 2. The second kappa shape index (κ2) is 10.6. The number of piperidine rings is 1. The van der Waals surface area contributed by atoms with Gasteiger partial charge in [-0.05, 0) is 37.0 Å². The van der Waals surface area contributed by atoms with Crippen LogP contribution in [0.5, 0.6) is 5.75 Å². The van der Waals surface area contributed by atoms with Crippen molar-refractivity contribution in [2.24, 2.45) is 5.92 Å². The molecule has 0 aliphatic carbocycles. The van der Waals surface area contributed by atoms with E-state index in [1.54, 1.807) is 7.11 Å². The number of carbonyl (C=O) groups excluding carboxylic acids is 2.